The normalized spacial score (nSPS) is 9.79. The van der Waals surface area contributed by atoms with E-state index in [1.54, 1.807) is 12.1 Å². The van der Waals surface area contributed by atoms with Gasteiger partial charge >= 0.3 is 0 Å². The molecule has 0 aliphatic carbocycles. The van der Waals surface area contributed by atoms with Crippen LogP contribution in [0.1, 0.15) is 12.5 Å². The van der Waals surface area contributed by atoms with Crippen molar-refractivity contribution in [2.75, 3.05) is 11.9 Å². The van der Waals surface area contributed by atoms with Gasteiger partial charge in [-0.25, -0.2) is 0 Å². The van der Waals surface area contributed by atoms with E-state index in [0.717, 1.165) is 11.9 Å². The molecule has 14 heavy (non-hydrogen) atoms. The molecule has 0 saturated heterocycles. The average molecular weight is 192 g/mol. The van der Waals surface area contributed by atoms with E-state index in [9.17, 15) is 10.1 Å². The van der Waals surface area contributed by atoms with Crippen molar-refractivity contribution in [3.8, 4) is 0 Å². The van der Waals surface area contributed by atoms with Crippen molar-refractivity contribution in [3.05, 3.63) is 33.9 Å². The molecule has 0 bridgehead atoms. The predicted molar refractivity (Wildman–Crippen MR) is 59.5 cm³/mol. The van der Waals surface area contributed by atoms with E-state index in [4.69, 9.17) is 0 Å². The highest BCUT2D eigenvalue weighted by molar-refractivity contribution is 6.08. The molecule has 0 atom stereocenters. The Hall–Kier alpha value is -1.52. The molecular formula is C9H13BN2O2. The van der Waals surface area contributed by atoms with Crippen LogP contribution in [0.4, 0.5) is 11.4 Å². The smallest absolute Gasteiger partial charge is 0.292 e. The summed E-state index contributed by atoms with van der Waals surface area (Å²) < 4.78 is 0. The Kier molecular flexibility index (Phi) is 3.51. The van der Waals surface area contributed by atoms with E-state index in [2.05, 4.69) is 5.32 Å². The van der Waals surface area contributed by atoms with E-state index in [1.165, 1.54) is 0 Å². The van der Waals surface area contributed by atoms with Gasteiger partial charge in [0.15, 0.2) is 0 Å². The Morgan fingerprint density at radius 3 is 2.79 bits per heavy atom. The van der Waals surface area contributed by atoms with Gasteiger partial charge in [-0.3, -0.25) is 10.1 Å². The summed E-state index contributed by atoms with van der Waals surface area (Å²) in [5.74, 6) is 0. The number of nitro benzene ring substituents is 1. The quantitative estimate of drug-likeness (QED) is 0.442. The van der Waals surface area contributed by atoms with Gasteiger partial charge in [-0.2, -0.15) is 0 Å². The molecule has 1 aromatic rings. The van der Waals surface area contributed by atoms with E-state index in [-0.39, 0.29) is 10.6 Å². The highest BCUT2D eigenvalue weighted by Gasteiger charge is 2.12. The number of hydrogen-bond donors (Lipinski definition) is 1. The molecule has 0 amide bonds. The molecular weight excluding hydrogens is 179 g/mol. The van der Waals surface area contributed by atoms with Crippen molar-refractivity contribution in [2.24, 2.45) is 0 Å². The summed E-state index contributed by atoms with van der Waals surface area (Å²) in [6, 6.07) is 5.18. The number of nitrogens with zero attached hydrogens (tertiary/aromatic N) is 1. The highest BCUT2D eigenvalue weighted by Crippen LogP contribution is 2.25. The minimum absolute atomic E-state index is 0.143. The fourth-order valence-electron chi connectivity index (χ4n) is 1.29. The Bertz CT molecular complexity index is 342. The molecule has 4 nitrogen and oxygen atoms in total. The van der Waals surface area contributed by atoms with Gasteiger partial charge in [0.05, 0.1) is 4.92 Å². The molecule has 0 fully saturated rings. The number of benzene rings is 1. The van der Waals surface area contributed by atoms with E-state index in [0.29, 0.717) is 12.2 Å². The topological polar surface area (TPSA) is 55.2 Å². The summed E-state index contributed by atoms with van der Waals surface area (Å²) >= 11 is 0. The Morgan fingerprint density at radius 2 is 2.29 bits per heavy atom. The first kappa shape index (κ1) is 10.6. The second kappa shape index (κ2) is 4.65. The minimum atomic E-state index is -0.364. The maximum Gasteiger partial charge on any atom is 0.292 e. The van der Waals surface area contributed by atoms with Crippen LogP contribution in [-0.2, 0) is 6.32 Å². The molecule has 0 aliphatic rings. The predicted octanol–water partition coefficient (Wildman–Crippen LogP) is 1.16. The summed E-state index contributed by atoms with van der Waals surface area (Å²) in [5.41, 5.74) is 1.85. The summed E-state index contributed by atoms with van der Waals surface area (Å²) in [4.78, 5) is 10.3. The van der Waals surface area contributed by atoms with Crippen molar-refractivity contribution in [3.63, 3.8) is 0 Å². The molecule has 0 radical (unpaired) electrons. The van der Waals surface area contributed by atoms with Crippen LogP contribution in [0.3, 0.4) is 0 Å². The zero-order chi connectivity index (χ0) is 10.6. The van der Waals surface area contributed by atoms with Gasteiger partial charge in [0.2, 0.25) is 0 Å². The van der Waals surface area contributed by atoms with Crippen molar-refractivity contribution in [2.45, 2.75) is 13.2 Å². The number of nitrogens with one attached hydrogen (secondary N) is 1. The molecule has 0 unspecified atom stereocenters. The van der Waals surface area contributed by atoms with Crippen molar-refractivity contribution < 1.29 is 4.92 Å². The Balaban J connectivity index is 3.10. The van der Waals surface area contributed by atoms with E-state index >= 15 is 0 Å². The number of rotatable bonds is 4. The highest BCUT2D eigenvalue weighted by atomic mass is 16.6. The largest absolute Gasteiger partial charge is 0.380 e. The second-order valence-electron chi connectivity index (χ2n) is 2.99. The van der Waals surface area contributed by atoms with Crippen LogP contribution in [0.15, 0.2) is 18.2 Å². The van der Waals surface area contributed by atoms with Crippen molar-refractivity contribution in [1.82, 2.24) is 0 Å². The molecule has 0 spiro atoms. The molecule has 1 aromatic carbocycles. The van der Waals surface area contributed by atoms with Crippen LogP contribution in [0.5, 0.6) is 0 Å². The van der Waals surface area contributed by atoms with Crippen LogP contribution >= 0.6 is 0 Å². The lowest BCUT2D eigenvalue weighted by atomic mass is 9.96. The lowest BCUT2D eigenvalue weighted by Crippen LogP contribution is -2.02. The lowest BCUT2D eigenvalue weighted by molar-refractivity contribution is -0.384. The third-order valence-electron chi connectivity index (χ3n) is 2.03. The third kappa shape index (κ3) is 2.25. The minimum Gasteiger partial charge on any atom is -0.380 e. The summed E-state index contributed by atoms with van der Waals surface area (Å²) in [6.45, 7) is 2.61. The van der Waals surface area contributed by atoms with Gasteiger partial charge in [0, 0.05) is 12.6 Å². The molecule has 1 rings (SSSR count). The molecule has 1 N–H and O–H groups in total. The van der Waals surface area contributed by atoms with Crippen LogP contribution in [0.25, 0.3) is 0 Å². The Morgan fingerprint density at radius 1 is 1.57 bits per heavy atom. The van der Waals surface area contributed by atoms with Crippen LogP contribution in [0.2, 0.25) is 0 Å². The first-order chi connectivity index (χ1) is 6.69. The molecule has 0 heterocycles. The fourth-order valence-corrected chi connectivity index (χ4v) is 1.29. The van der Waals surface area contributed by atoms with Gasteiger partial charge in [-0.15, -0.1) is 0 Å². The maximum absolute atomic E-state index is 10.7. The van der Waals surface area contributed by atoms with Gasteiger partial charge < -0.3 is 5.32 Å². The molecule has 0 aromatic heterocycles. The van der Waals surface area contributed by atoms with Crippen molar-refractivity contribution >= 4 is 19.2 Å². The molecule has 0 aliphatic heterocycles. The number of nitro groups is 1. The van der Waals surface area contributed by atoms with Gasteiger partial charge in [0.25, 0.3) is 5.69 Å². The number of anilines is 1. The average Bonchev–Trinajstić information content (AvgIpc) is 2.17. The first-order valence-corrected chi connectivity index (χ1v) is 4.70. The zero-order valence-corrected chi connectivity index (χ0v) is 8.41. The fraction of sp³-hybridized carbons (Fsp3) is 0.333. The SMILES string of the molecule is BCc1ccc([N+](=O)[O-])c(NCC)c1. The summed E-state index contributed by atoms with van der Waals surface area (Å²) in [6.07, 6.45) is 0.885. The maximum atomic E-state index is 10.7. The monoisotopic (exact) mass is 192 g/mol. The van der Waals surface area contributed by atoms with Gasteiger partial charge in [0.1, 0.15) is 13.5 Å². The van der Waals surface area contributed by atoms with Crippen LogP contribution < -0.4 is 5.32 Å². The Labute approximate surface area is 83.9 Å². The second-order valence-corrected chi connectivity index (χ2v) is 2.99. The molecule has 0 saturated carbocycles. The van der Waals surface area contributed by atoms with Crippen LogP contribution in [0, 0.1) is 10.1 Å². The summed E-state index contributed by atoms with van der Waals surface area (Å²) in [5, 5.41) is 13.7. The van der Waals surface area contributed by atoms with Gasteiger partial charge in [-0.05, 0) is 13.0 Å². The number of hydrogen-bond acceptors (Lipinski definition) is 3. The van der Waals surface area contributed by atoms with Gasteiger partial charge in [-0.1, -0.05) is 17.9 Å². The lowest BCUT2D eigenvalue weighted by Gasteiger charge is -2.05. The molecule has 5 heteroatoms. The van der Waals surface area contributed by atoms with Crippen molar-refractivity contribution in [1.29, 1.82) is 0 Å². The van der Waals surface area contributed by atoms with Crippen LogP contribution in [-0.4, -0.2) is 19.3 Å². The standard InChI is InChI=1S/C9H13BN2O2/c1-2-11-8-5-7(6-10)3-4-9(8)12(13)14/h3-5,11H,2,6,10H2,1H3. The van der Waals surface area contributed by atoms with E-state index in [1.807, 2.05) is 20.8 Å². The summed E-state index contributed by atoms with van der Waals surface area (Å²) in [7, 11) is 2.02. The third-order valence-corrected chi connectivity index (χ3v) is 2.03. The zero-order valence-electron chi connectivity index (χ0n) is 8.41. The molecule has 74 valence electrons. The first-order valence-electron chi connectivity index (χ1n) is 4.70. The van der Waals surface area contributed by atoms with E-state index < -0.39 is 0 Å².